The summed E-state index contributed by atoms with van der Waals surface area (Å²) in [4.78, 5) is 11.7. The van der Waals surface area contributed by atoms with Gasteiger partial charge in [0.1, 0.15) is 0 Å². The smallest absolute Gasteiger partial charge is 0.315 e. The van der Waals surface area contributed by atoms with E-state index in [-0.39, 0.29) is 30.0 Å². The van der Waals surface area contributed by atoms with Gasteiger partial charge in [0.2, 0.25) is 0 Å². The van der Waals surface area contributed by atoms with Crippen molar-refractivity contribution in [2.24, 2.45) is 5.92 Å². The van der Waals surface area contributed by atoms with Crippen molar-refractivity contribution in [1.29, 1.82) is 0 Å². The molecule has 0 heterocycles. The molecule has 4 nitrogen and oxygen atoms in total. The lowest BCUT2D eigenvalue weighted by Crippen LogP contribution is -2.49. The summed E-state index contributed by atoms with van der Waals surface area (Å²) in [6.07, 6.45) is 2.97. The van der Waals surface area contributed by atoms with Gasteiger partial charge in [-0.1, -0.05) is 20.3 Å². The monoisotopic (exact) mass is 262 g/mol. The number of nitrogens with one attached hydrogen (secondary N) is 2. The zero-order valence-electron chi connectivity index (χ0n) is 11.5. The Labute approximate surface area is 109 Å². The van der Waals surface area contributed by atoms with Gasteiger partial charge in [0.05, 0.1) is 6.61 Å². The molecule has 0 rings (SSSR count). The van der Waals surface area contributed by atoms with Gasteiger partial charge in [-0.05, 0) is 26.0 Å². The lowest BCUT2D eigenvalue weighted by atomic mass is 10.0. The average Bonchev–Trinajstić information content (AvgIpc) is 2.29. The molecule has 0 aromatic carbocycles. The predicted molar refractivity (Wildman–Crippen MR) is 74.4 cm³/mol. The second-order valence-corrected chi connectivity index (χ2v) is 5.61. The number of rotatable bonds is 7. The first-order chi connectivity index (χ1) is 7.96. The van der Waals surface area contributed by atoms with Gasteiger partial charge in [-0.25, -0.2) is 4.79 Å². The Kier molecular flexibility index (Phi) is 8.43. The molecule has 0 aliphatic rings. The fraction of sp³-hybridized carbons (Fsp3) is 0.917. The third kappa shape index (κ3) is 6.17. The first-order valence-corrected chi connectivity index (χ1v) is 7.45. The molecule has 0 fully saturated rings. The van der Waals surface area contributed by atoms with Crippen molar-refractivity contribution in [3.8, 4) is 0 Å². The highest BCUT2D eigenvalue weighted by Crippen LogP contribution is 2.10. The first-order valence-electron chi connectivity index (χ1n) is 6.16. The number of hydrogen-bond donors (Lipinski definition) is 3. The van der Waals surface area contributed by atoms with Crippen molar-refractivity contribution in [1.82, 2.24) is 10.6 Å². The number of carbonyl (C=O) groups is 1. The van der Waals surface area contributed by atoms with Crippen molar-refractivity contribution < 1.29 is 9.90 Å². The van der Waals surface area contributed by atoms with Crippen molar-refractivity contribution in [2.75, 3.05) is 12.9 Å². The van der Waals surface area contributed by atoms with Gasteiger partial charge in [-0.2, -0.15) is 11.8 Å². The maximum atomic E-state index is 11.7. The van der Waals surface area contributed by atoms with Crippen LogP contribution in [0.25, 0.3) is 0 Å². The Balaban J connectivity index is 4.08. The standard InChI is InChI=1S/C12H26N2O2S/c1-6-8(2)9(3)13-12(16)14-10(4)11(7-15)17-5/h8-11,15H,6-7H2,1-5H3,(H2,13,14,16). The van der Waals surface area contributed by atoms with E-state index >= 15 is 0 Å². The number of aliphatic hydroxyl groups excluding tert-OH is 1. The molecule has 4 unspecified atom stereocenters. The molecular weight excluding hydrogens is 236 g/mol. The Morgan fingerprint density at radius 2 is 1.76 bits per heavy atom. The number of hydrogen-bond acceptors (Lipinski definition) is 3. The lowest BCUT2D eigenvalue weighted by Gasteiger charge is -2.24. The molecule has 4 atom stereocenters. The van der Waals surface area contributed by atoms with Crippen LogP contribution in [0.5, 0.6) is 0 Å². The fourth-order valence-corrected chi connectivity index (χ4v) is 2.11. The third-order valence-corrected chi connectivity index (χ3v) is 4.42. The van der Waals surface area contributed by atoms with Gasteiger partial charge >= 0.3 is 6.03 Å². The van der Waals surface area contributed by atoms with Crippen molar-refractivity contribution >= 4 is 17.8 Å². The normalized spacial score (nSPS) is 18.0. The second kappa shape index (κ2) is 8.64. The molecule has 0 radical (unpaired) electrons. The summed E-state index contributed by atoms with van der Waals surface area (Å²) in [5.41, 5.74) is 0. The molecule has 102 valence electrons. The number of amides is 2. The molecule has 0 aromatic rings. The van der Waals surface area contributed by atoms with Gasteiger partial charge in [-0.15, -0.1) is 0 Å². The van der Waals surface area contributed by atoms with Crippen LogP contribution in [0.4, 0.5) is 4.79 Å². The van der Waals surface area contributed by atoms with Gasteiger partial charge < -0.3 is 15.7 Å². The molecule has 0 bridgehead atoms. The molecular formula is C12H26N2O2S. The van der Waals surface area contributed by atoms with E-state index in [2.05, 4.69) is 24.5 Å². The van der Waals surface area contributed by atoms with Crippen LogP contribution in [0.2, 0.25) is 0 Å². The Morgan fingerprint density at radius 3 is 2.18 bits per heavy atom. The summed E-state index contributed by atoms with van der Waals surface area (Å²) in [7, 11) is 0. The van der Waals surface area contributed by atoms with Crippen LogP contribution in [0.3, 0.4) is 0 Å². The third-order valence-electron chi connectivity index (χ3n) is 3.26. The predicted octanol–water partition coefficient (Wildman–Crippen LogP) is 1.83. The van der Waals surface area contributed by atoms with Crippen LogP contribution < -0.4 is 10.6 Å². The Morgan fingerprint density at radius 1 is 1.24 bits per heavy atom. The summed E-state index contributed by atoms with van der Waals surface area (Å²) in [5, 5.41) is 15.0. The van der Waals surface area contributed by atoms with E-state index in [1.807, 2.05) is 20.1 Å². The van der Waals surface area contributed by atoms with Crippen LogP contribution >= 0.6 is 11.8 Å². The highest BCUT2D eigenvalue weighted by Gasteiger charge is 2.19. The van der Waals surface area contributed by atoms with E-state index in [0.29, 0.717) is 5.92 Å². The Hall–Kier alpha value is -0.420. The minimum atomic E-state index is -0.155. The van der Waals surface area contributed by atoms with E-state index in [1.165, 1.54) is 0 Å². The molecule has 0 saturated carbocycles. The topological polar surface area (TPSA) is 61.4 Å². The zero-order chi connectivity index (χ0) is 13.4. The van der Waals surface area contributed by atoms with Gasteiger partial charge in [0.25, 0.3) is 0 Å². The fourth-order valence-electron chi connectivity index (χ4n) is 1.48. The molecule has 3 N–H and O–H groups in total. The molecule has 0 aromatic heterocycles. The SMILES string of the molecule is CCC(C)C(C)NC(=O)NC(C)C(CO)SC. The number of carbonyl (C=O) groups excluding carboxylic acids is 1. The first kappa shape index (κ1) is 16.6. The van der Waals surface area contributed by atoms with E-state index in [9.17, 15) is 4.79 Å². The summed E-state index contributed by atoms with van der Waals surface area (Å²) >= 11 is 1.56. The molecule has 0 aliphatic heterocycles. The quantitative estimate of drug-likeness (QED) is 0.656. The van der Waals surface area contributed by atoms with E-state index in [0.717, 1.165) is 6.42 Å². The molecule has 0 saturated heterocycles. The van der Waals surface area contributed by atoms with E-state index in [4.69, 9.17) is 5.11 Å². The van der Waals surface area contributed by atoms with Gasteiger partial charge in [0.15, 0.2) is 0 Å². The largest absolute Gasteiger partial charge is 0.395 e. The van der Waals surface area contributed by atoms with E-state index in [1.54, 1.807) is 11.8 Å². The molecule has 17 heavy (non-hydrogen) atoms. The molecule has 5 heteroatoms. The van der Waals surface area contributed by atoms with Crippen molar-refractivity contribution in [3.05, 3.63) is 0 Å². The van der Waals surface area contributed by atoms with Crippen LogP contribution in [0.15, 0.2) is 0 Å². The lowest BCUT2D eigenvalue weighted by molar-refractivity contribution is 0.225. The van der Waals surface area contributed by atoms with Gasteiger partial charge in [-0.3, -0.25) is 0 Å². The van der Waals surface area contributed by atoms with Crippen LogP contribution in [0, 0.1) is 5.92 Å². The zero-order valence-corrected chi connectivity index (χ0v) is 12.3. The van der Waals surface area contributed by atoms with Crippen LogP contribution in [0.1, 0.15) is 34.1 Å². The maximum Gasteiger partial charge on any atom is 0.315 e. The van der Waals surface area contributed by atoms with E-state index < -0.39 is 0 Å². The summed E-state index contributed by atoms with van der Waals surface area (Å²) in [5.74, 6) is 0.463. The minimum Gasteiger partial charge on any atom is -0.395 e. The summed E-state index contributed by atoms with van der Waals surface area (Å²) < 4.78 is 0. The van der Waals surface area contributed by atoms with Crippen molar-refractivity contribution in [3.63, 3.8) is 0 Å². The number of urea groups is 1. The number of thioether (sulfide) groups is 1. The molecule has 0 spiro atoms. The average molecular weight is 262 g/mol. The molecule has 0 aliphatic carbocycles. The highest BCUT2D eigenvalue weighted by atomic mass is 32.2. The Bertz CT molecular complexity index is 223. The van der Waals surface area contributed by atoms with Crippen LogP contribution in [-0.4, -0.2) is 41.3 Å². The molecule has 2 amide bonds. The summed E-state index contributed by atoms with van der Waals surface area (Å²) in [6, 6.07) is -0.0361. The minimum absolute atomic E-state index is 0.0413. The second-order valence-electron chi connectivity index (χ2n) is 4.54. The van der Waals surface area contributed by atoms with Crippen molar-refractivity contribution in [2.45, 2.75) is 51.4 Å². The number of aliphatic hydroxyl groups is 1. The van der Waals surface area contributed by atoms with Crippen LogP contribution in [-0.2, 0) is 0 Å². The highest BCUT2D eigenvalue weighted by molar-refractivity contribution is 7.99. The maximum absolute atomic E-state index is 11.7. The summed E-state index contributed by atoms with van der Waals surface area (Å²) in [6.45, 7) is 8.22. The van der Waals surface area contributed by atoms with Gasteiger partial charge in [0, 0.05) is 17.3 Å².